The van der Waals surface area contributed by atoms with Crippen LogP contribution in [0.25, 0.3) is 22.0 Å². The molecule has 3 nitrogen and oxygen atoms in total. The molecule has 0 saturated heterocycles. The molecule has 0 amide bonds. The van der Waals surface area contributed by atoms with Crippen LogP contribution < -0.4 is 0 Å². The van der Waals surface area contributed by atoms with Crippen molar-refractivity contribution in [3.05, 3.63) is 47.4 Å². The van der Waals surface area contributed by atoms with E-state index >= 15 is 0 Å². The van der Waals surface area contributed by atoms with Crippen LogP contribution in [-0.4, -0.2) is 14.8 Å². The Balaban J connectivity index is 2.30. The third-order valence-electron chi connectivity index (χ3n) is 3.11. The van der Waals surface area contributed by atoms with Crippen LogP contribution in [0.1, 0.15) is 5.56 Å². The number of halogens is 1. The van der Waals surface area contributed by atoms with Gasteiger partial charge in [-0.05, 0) is 23.9 Å². The lowest BCUT2D eigenvalue weighted by molar-refractivity contribution is 0.768. The molecule has 0 aliphatic rings. The number of hydrogen-bond donors (Lipinski definition) is 0. The molecule has 0 saturated carbocycles. The van der Waals surface area contributed by atoms with E-state index in [2.05, 4.69) is 23.1 Å². The van der Waals surface area contributed by atoms with Crippen LogP contribution in [0.3, 0.4) is 0 Å². The Labute approximate surface area is 110 Å². The van der Waals surface area contributed by atoms with Crippen molar-refractivity contribution in [3.8, 4) is 11.3 Å². The molecule has 0 spiro atoms. The first kappa shape index (κ1) is 11.2. The first-order valence-electron chi connectivity index (χ1n) is 5.69. The minimum atomic E-state index is 0.737. The van der Waals surface area contributed by atoms with E-state index in [-0.39, 0.29) is 0 Å². The first-order valence-corrected chi connectivity index (χ1v) is 6.07. The van der Waals surface area contributed by atoms with Crippen LogP contribution in [0.5, 0.6) is 0 Å². The highest BCUT2D eigenvalue weighted by atomic mass is 35.5. The fourth-order valence-corrected chi connectivity index (χ4v) is 2.41. The zero-order valence-electron chi connectivity index (χ0n) is 10.2. The van der Waals surface area contributed by atoms with Crippen LogP contribution in [-0.2, 0) is 7.05 Å². The van der Waals surface area contributed by atoms with Crippen molar-refractivity contribution in [2.75, 3.05) is 0 Å². The molecule has 2 heterocycles. The molecule has 90 valence electrons. The number of nitrogens with zero attached hydrogens (tertiary/aromatic N) is 3. The maximum absolute atomic E-state index is 6.18. The molecule has 0 atom stereocenters. The first-order chi connectivity index (χ1) is 8.66. The summed E-state index contributed by atoms with van der Waals surface area (Å²) in [5, 5.41) is 7.04. The maximum atomic E-state index is 6.18. The third kappa shape index (κ3) is 1.68. The van der Waals surface area contributed by atoms with Gasteiger partial charge in [-0.2, -0.15) is 5.10 Å². The van der Waals surface area contributed by atoms with Crippen molar-refractivity contribution >= 4 is 22.4 Å². The summed E-state index contributed by atoms with van der Waals surface area (Å²) < 4.78 is 1.78. The van der Waals surface area contributed by atoms with Gasteiger partial charge in [0.1, 0.15) is 0 Å². The van der Waals surface area contributed by atoms with Gasteiger partial charge in [-0.15, -0.1) is 0 Å². The van der Waals surface area contributed by atoms with Crippen LogP contribution in [0.4, 0.5) is 0 Å². The van der Waals surface area contributed by atoms with Crippen LogP contribution in [0.2, 0.25) is 5.02 Å². The van der Waals surface area contributed by atoms with Gasteiger partial charge in [-0.3, -0.25) is 9.67 Å². The molecule has 0 bridgehead atoms. The van der Waals surface area contributed by atoms with E-state index in [1.54, 1.807) is 4.68 Å². The molecule has 4 heteroatoms. The van der Waals surface area contributed by atoms with Gasteiger partial charge >= 0.3 is 0 Å². The second-order valence-corrected chi connectivity index (χ2v) is 4.74. The zero-order valence-corrected chi connectivity index (χ0v) is 10.9. The molecule has 0 fully saturated rings. The van der Waals surface area contributed by atoms with Gasteiger partial charge < -0.3 is 0 Å². The average Bonchev–Trinajstić information content (AvgIpc) is 2.77. The molecular formula is C14H12ClN3. The average molecular weight is 258 g/mol. The summed E-state index contributed by atoms with van der Waals surface area (Å²) >= 11 is 6.18. The fourth-order valence-electron chi connectivity index (χ4n) is 2.18. The van der Waals surface area contributed by atoms with E-state index in [9.17, 15) is 0 Å². The molecule has 0 radical (unpaired) electrons. The Morgan fingerprint density at radius 1 is 1.17 bits per heavy atom. The molecule has 18 heavy (non-hydrogen) atoms. The Kier molecular flexibility index (Phi) is 2.56. The minimum Gasteiger partial charge on any atom is -0.275 e. The largest absolute Gasteiger partial charge is 0.275 e. The summed E-state index contributed by atoms with van der Waals surface area (Å²) in [6.45, 7) is 2.06. The zero-order chi connectivity index (χ0) is 12.7. The summed E-state index contributed by atoms with van der Waals surface area (Å²) in [6.07, 6.45) is 5.62. The molecule has 0 aliphatic carbocycles. The van der Waals surface area contributed by atoms with Crippen LogP contribution >= 0.6 is 11.6 Å². The molecule has 1 aromatic carbocycles. The topological polar surface area (TPSA) is 30.7 Å². The number of fused-ring (bicyclic) bond motifs is 1. The van der Waals surface area contributed by atoms with Crippen molar-refractivity contribution in [2.24, 2.45) is 7.05 Å². The van der Waals surface area contributed by atoms with E-state index in [0.29, 0.717) is 0 Å². The fraction of sp³-hybridized carbons (Fsp3) is 0.143. The van der Waals surface area contributed by atoms with Crippen molar-refractivity contribution in [3.63, 3.8) is 0 Å². The van der Waals surface area contributed by atoms with Crippen molar-refractivity contribution < 1.29 is 0 Å². The molecular weight excluding hydrogens is 246 g/mol. The number of aryl methyl sites for hydroxylation is 2. The lowest BCUT2D eigenvalue weighted by Crippen LogP contribution is -1.90. The number of hydrogen-bond acceptors (Lipinski definition) is 2. The second kappa shape index (κ2) is 4.10. The van der Waals surface area contributed by atoms with Crippen LogP contribution in [0.15, 0.2) is 36.8 Å². The van der Waals surface area contributed by atoms with E-state index in [1.165, 1.54) is 0 Å². The molecule has 3 aromatic rings. The van der Waals surface area contributed by atoms with Gasteiger partial charge in [-0.1, -0.05) is 23.7 Å². The van der Waals surface area contributed by atoms with Gasteiger partial charge in [-0.25, -0.2) is 0 Å². The number of benzene rings is 1. The van der Waals surface area contributed by atoms with Crippen LogP contribution in [0, 0.1) is 6.92 Å². The normalized spacial score (nSPS) is 11.1. The molecule has 3 rings (SSSR count). The monoisotopic (exact) mass is 257 g/mol. The Morgan fingerprint density at radius 3 is 2.72 bits per heavy atom. The summed E-state index contributed by atoms with van der Waals surface area (Å²) in [5.74, 6) is 0. The lowest BCUT2D eigenvalue weighted by Gasteiger charge is -2.07. The second-order valence-electron chi connectivity index (χ2n) is 4.34. The van der Waals surface area contributed by atoms with Gasteiger partial charge in [0.15, 0.2) is 0 Å². The number of rotatable bonds is 1. The predicted octanol–water partition coefficient (Wildman–Crippen LogP) is 3.60. The Morgan fingerprint density at radius 2 is 2.00 bits per heavy atom. The Hall–Kier alpha value is -1.87. The highest BCUT2D eigenvalue weighted by Gasteiger charge is 2.10. The SMILES string of the molecule is Cc1c(-c2cnn(C)c2)ncc2c(Cl)cccc12. The smallest absolute Gasteiger partial charge is 0.0769 e. The summed E-state index contributed by atoms with van der Waals surface area (Å²) in [5.41, 5.74) is 3.11. The van der Waals surface area contributed by atoms with Gasteiger partial charge in [0.2, 0.25) is 0 Å². The highest BCUT2D eigenvalue weighted by Crippen LogP contribution is 2.30. The van der Waals surface area contributed by atoms with Gasteiger partial charge in [0, 0.05) is 35.4 Å². The highest BCUT2D eigenvalue weighted by molar-refractivity contribution is 6.35. The minimum absolute atomic E-state index is 0.737. The van der Waals surface area contributed by atoms with E-state index in [4.69, 9.17) is 11.6 Å². The number of aromatic nitrogens is 3. The molecule has 2 aromatic heterocycles. The van der Waals surface area contributed by atoms with Crippen molar-refractivity contribution in [1.82, 2.24) is 14.8 Å². The van der Waals surface area contributed by atoms with Crippen molar-refractivity contribution in [2.45, 2.75) is 6.92 Å². The molecule has 0 N–H and O–H groups in total. The molecule has 0 unspecified atom stereocenters. The predicted molar refractivity (Wildman–Crippen MR) is 73.7 cm³/mol. The van der Waals surface area contributed by atoms with Gasteiger partial charge in [0.25, 0.3) is 0 Å². The quantitative estimate of drug-likeness (QED) is 0.667. The standard InChI is InChI=1S/C14H12ClN3/c1-9-11-4-3-5-13(15)12(11)7-16-14(9)10-6-17-18(2)8-10/h3-8H,1-2H3. The summed E-state index contributed by atoms with van der Waals surface area (Å²) in [4.78, 5) is 4.51. The van der Waals surface area contributed by atoms with E-state index in [0.717, 1.165) is 32.6 Å². The summed E-state index contributed by atoms with van der Waals surface area (Å²) in [7, 11) is 1.90. The third-order valence-corrected chi connectivity index (χ3v) is 3.44. The maximum Gasteiger partial charge on any atom is 0.0769 e. The lowest BCUT2D eigenvalue weighted by atomic mass is 10.0. The Bertz CT molecular complexity index is 731. The van der Waals surface area contributed by atoms with E-state index < -0.39 is 0 Å². The number of pyridine rings is 1. The van der Waals surface area contributed by atoms with Gasteiger partial charge in [0.05, 0.1) is 11.9 Å². The van der Waals surface area contributed by atoms with Crippen molar-refractivity contribution in [1.29, 1.82) is 0 Å². The molecule has 0 aliphatic heterocycles. The summed E-state index contributed by atoms with van der Waals surface area (Å²) in [6, 6.07) is 5.91. The van der Waals surface area contributed by atoms with E-state index in [1.807, 2.05) is 37.8 Å².